The van der Waals surface area contributed by atoms with Crippen LogP contribution < -0.4 is 10.0 Å². The van der Waals surface area contributed by atoms with Gasteiger partial charge in [0.25, 0.3) is 0 Å². The van der Waals surface area contributed by atoms with E-state index < -0.39 is 10.0 Å². The topological polar surface area (TPSA) is 83.0 Å². The molecule has 0 spiro atoms. The molecule has 2 aliphatic rings. The van der Waals surface area contributed by atoms with Gasteiger partial charge in [-0.3, -0.25) is 4.99 Å². The molecule has 0 bridgehead atoms. The molecule has 1 saturated carbocycles. The Kier molecular flexibility index (Phi) is 9.83. The third-order valence-electron chi connectivity index (χ3n) is 4.67. The fourth-order valence-electron chi connectivity index (χ4n) is 3.04. The summed E-state index contributed by atoms with van der Waals surface area (Å²) in [5, 5.41) is 3.16. The fourth-order valence-corrected chi connectivity index (χ4v) is 4.04. The average Bonchev–Trinajstić information content (AvgIpc) is 2.90. The lowest BCUT2D eigenvalue weighted by Gasteiger charge is -2.25. The molecule has 1 atom stereocenters. The highest BCUT2D eigenvalue weighted by atomic mass is 127. The van der Waals surface area contributed by atoms with Crippen LogP contribution in [0.2, 0.25) is 0 Å². The summed E-state index contributed by atoms with van der Waals surface area (Å²) in [4.78, 5) is 6.42. The van der Waals surface area contributed by atoms with E-state index in [1.54, 1.807) is 14.2 Å². The number of nitrogens with zero attached hydrogens (tertiary/aromatic N) is 2. The van der Waals surface area contributed by atoms with E-state index >= 15 is 0 Å². The van der Waals surface area contributed by atoms with Crippen molar-refractivity contribution in [3.63, 3.8) is 0 Å². The molecule has 2 N–H and O–H groups in total. The lowest BCUT2D eigenvalue weighted by molar-refractivity contribution is 0.157. The van der Waals surface area contributed by atoms with E-state index in [-0.39, 0.29) is 29.7 Å². The zero-order valence-corrected chi connectivity index (χ0v) is 17.8. The van der Waals surface area contributed by atoms with Crippen LogP contribution in [0, 0.1) is 11.8 Å². The lowest BCUT2D eigenvalue weighted by atomic mass is 9.86. The smallest absolute Gasteiger partial charge is 0.213 e. The van der Waals surface area contributed by atoms with Crippen LogP contribution in [0.1, 0.15) is 25.7 Å². The normalized spacial score (nSPS) is 22.2. The monoisotopic (exact) mass is 474 g/mol. The van der Waals surface area contributed by atoms with Gasteiger partial charge in [-0.25, -0.2) is 13.1 Å². The Morgan fingerprint density at radius 1 is 1.29 bits per heavy atom. The second-order valence-corrected chi connectivity index (χ2v) is 8.42. The van der Waals surface area contributed by atoms with Gasteiger partial charge in [0.15, 0.2) is 5.96 Å². The molecule has 1 aliphatic heterocycles. The maximum atomic E-state index is 12.0. The Bertz CT molecular complexity index is 497. The highest BCUT2D eigenvalue weighted by Crippen LogP contribution is 2.25. The number of hydrogen-bond acceptors (Lipinski definition) is 4. The molecule has 9 heteroatoms. The highest BCUT2D eigenvalue weighted by Gasteiger charge is 2.25. The number of rotatable bonds is 8. The number of nitrogens with one attached hydrogen (secondary N) is 2. The van der Waals surface area contributed by atoms with Crippen LogP contribution in [0.25, 0.3) is 0 Å². The summed E-state index contributed by atoms with van der Waals surface area (Å²) in [6.45, 7) is 3.55. The summed E-state index contributed by atoms with van der Waals surface area (Å²) in [5.74, 6) is 1.91. The summed E-state index contributed by atoms with van der Waals surface area (Å²) < 4.78 is 31.9. The Morgan fingerprint density at radius 3 is 2.62 bits per heavy atom. The quantitative estimate of drug-likeness (QED) is 0.310. The maximum absolute atomic E-state index is 12.0. The second kappa shape index (κ2) is 10.8. The summed E-state index contributed by atoms with van der Waals surface area (Å²) >= 11 is 0. The van der Waals surface area contributed by atoms with Crippen molar-refractivity contribution in [2.75, 3.05) is 52.7 Å². The van der Waals surface area contributed by atoms with E-state index in [4.69, 9.17) is 4.74 Å². The van der Waals surface area contributed by atoms with E-state index in [0.29, 0.717) is 24.9 Å². The zero-order valence-electron chi connectivity index (χ0n) is 14.7. The van der Waals surface area contributed by atoms with Crippen LogP contribution in [0.3, 0.4) is 0 Å². The van der Waals surface area contributed by atoms with Crippen LogP contribution in [0.4, 0.5) is 0 Å². The molecule has 0 amide bonds. The minimum atomic E-state index is -3.21. The minimum absolute atomic E-state index is 0. The maximum Gasteiger partial charge on any atom is 0.213 e. The Labute approximate surface area is 163 Å². The van der Waals surface area contributed by atoms with Gasteiger partial charge < -0.3 is 15.0 Å². The molecule has 1 saturated heterocycles. The number of halogens is 1. The summed E-state index contributed by atoms with van der Waals surface area (Å²) in [6, 6.07) is 0. The Balaban J connectivity index is 0.00000288. The largest absolute Gasteiger partial charge is 0.384 e. The van der Waals surface area contributed by atoms with Gasteiger partial charge in [-0.05, 0) is 25.2 Å². The van der Waals surface area contributed by atoms with Gasteiger partial charge in [0.05, 0.1) is 12.4 Å². The van der Waals surface area contributed by atoms with Crippen LogP contribution in [-0.2, 0) is 14.8 Å². The average molecular weight is 474 g/mol. The number of aliphatic imine (C=N–C) groups is 1. The van der Waals surface area contributed by atoms with Crippen molar-refractivity contribution in [1.82, 2.24) is 14.9 Å². The molecule has 0 aromatic heterocycles. The van der Waals surface area contributed by atoms with Gasteiger partial charge in [0.2, 0.25) is 10.0 Å². The summed E-state index contributed by atoms with van der Waals surface area (Å²) in [7, 11) is 0.245. The first-order valence-corrected chi connectivity index (χ1v) is 10.1. The molecule has 2 fully saturated rings. The Hall–Kier alpha value is -0.130. The first kappa shape index (κ1) is 21.9. The minimum Gasteiger partial charge on any atom is -0.384 e. The van der Waals surface area contributed by atoms with Crippen molar-refractivity contribution in [3.05, 3.63) is 0 Å². The van der Waals surface area contributed by atoms with Crippen molar-refractivity contribution in [2.24, 2.45) is 16.8 Å². The van der Waals surface area contributed by atoms with E-state index in [2.05, 4.69) is 19.9 Å². The molecule has 1 aliphatic carbocycles. The first-order valence-electron chi connectivity index (χ1n) is 8.46. The van der Waals surface area contributed by atoms with Gasteiger partial charge in [-0.1, -0.05) is 6.42 Å². The number of ether oxygens (including phenoxy) is 1. The number of guanidine groups is 1. The SMILES string of the molecule is CN=C(NCCS(=O)(=O)NCC1CCC1)N1CCC(COC)C1.I. The third-order valence-corrected chi connectivity index (χ3v) is 6.02. The summed E-state index contributed by atoms with van der Waals surface area (Å²) in [5.41, 5.74) is 0. The van der Waals surface area contributed by atoms with E-state index in [0.717, 1.165) is 44.9 Å². The van der Waals surface area contributed by atoms with Crippen LogP contribution in [0.5, 0.6) is 0 Å². The number of likely N-dealkylation sites (tertiary alicyclic amines) is 1. The van der Waals surface area contributed by atoms with E-state index in [1.807, 2.05) is 0 Å². The van der Waals surface area contributed by atoms with E-state index in [9.17, 15) is 8.42 Å². The first-order chi connectivity index (χ1) is 11.0. The van der Waals surface area contributed by atoms with Crippen molar-refractivity contribution in [2.45, 2.75) is 25.7 Å². The molecule has 0 radical (unpaired) electrons. The molecule has 0 aromatic carbocycles. The van der Waals surface area contributed by atoms with Gasteiger partial charge in [-0.2, -0.15) is 0 Å². The molecule has 7 nitrogen and oxygen atoms in total. The van der Waals surface area contributed by atoms with Gasteiger partial charge in [0, 0.05) is 46.3 Å². The lowest BCUT2D eigenvalue weighted by Crippen LogP contribution is -2.43. The standard InChI is InChI=1S/C15H30N4O3S.HI/c1-16-15(19-8-6-14(11-19)12-22-2)17-7-9-23(20,21)18-10-13-4-3-5-13;/h13-14,18H,3-12H2,1-2H3,(H,16,17);1H. The summed E-state index contributed by atoms with van der Waals surface area (Å²) in [6.07, 6.45) is 4.59. The predicted octanol–water partition coefficient (Wildman–Crippen LogP) is 0.868. The molecule has 24 heavy (non-hydrogen) atoms. The molecule has 1 heterocycles. The van der Waals surface area contributed by atoms with Gasteiger partial charge in [0.1, 0.15) is 0 Å². The van der Waals surface area contributed by atoms with Crippen LogP contribution >= 0.6 is 24.0 Å². The zero-order chi connectivity index (χ0) is 16.7. The van der Waals surface area contributed by atoms with Crippen molar-refractivity contribution in [3.8, 4) is 0 Å². The Morgan fingerprint density at radius 2 is 2.04 bits per heavy atom. The van der Waals surface area contributed by atoms with Crippen molar-refractivity contribution >= 4 is 40.0 Å². The molecule has 1 unspecified atom stereocenters. The van der Waals surface area contributed by atoms with Crippen molar-refractivity contribution < 1.29 is 13.2 Å². The van der Waals surface area contributed by atoms with E-state index in [1.165, 1.54) is 6.42 Å². The van der Waals surface area contributed by atoms with Gasteiger partial charge >= 0.3 is 0 Å². The number of hydrogen-bond donors (Lipinski definition) is 2. The highest BCUT2D eigenvalue weighted by molar-refractivity contribution is 14.0. The van der Waals surface area contributed by atoms with Crippen LogP contribution in [0.15, 0.2) is 4.99 Å². The molecule has 2 rings (SSSR count). The number of sulfonamides is 1. The molecular formula is C15H31IN4O3S. The van der Waals surface area contributed by atoms with Crippen LogP contribution in [-0.4, -0.2) is 72.0 Å². The second-order valence-electron chi connectivity index (χ2n) is 6.49. The molecule has 142 valence electrons. The van der Waals surface area contributed by atoms with Gasteiger partial charge in [-0.15, -0.1) is 24.0 Å². The fraction of sp³-hybridized carbons (Fsp3) is 0.933. The number of methoxy groups -OCH3 is 1. The predicted molar refractivity (Wildman–Crippen MR) is 107 cm³/mol. The molecule has 0 aromatic rings. The van der Waals surface area contributed by atoms with Crippen molar-refractivity contribution in [1.29, 1.82) is 0 Å². The molecular weight excluding hydrogens is 443 g/mol. The third kappa shape index (κ3) is 7.01.